The average Bonchev–Trinajstić information content (AvgIpc) is 2.87. The molecule has 0 N–H and O–H groups in total. The van der Waals surface area contributed by atoms with Crippen molar-refractivity contribution in [3.05, 3.63) is 58.6 Å². The first-order valence-corrected chi connectivity index (χ1v) is 8.35. The Hall–Kier alpha value is -2.53. The summed E-state index contributed by atoms with van der Waals surface area (Å²) < 4.78 is 10.2. The first-order chi connectivity index (χ1) is 12.0. The van der Waals surface area contributed by atoms with Crippen molar-refractivity contribution < 1.29 is 19.1 Å². The molecule has 2 aromatic rings. The number of hydrogen-bond acceptors (Lipinski definition) is 4. The number of esters is 1. The van der Waals surface area contributed by atoms with E-state index in [0.29, 0.717) is 28.6 Å². The van der Waals surface area contributed by atoms with Gasteiger partial charge in [-0.05, 0) is 55.0 Å². The van der Waals surface area contributed by atoms with Crippen LogP contribution in [-0.2, 0) is 9.53 Å². The molecule has 1 aliphatic heterocycles. The predicted octanol–water partition coefficient (Wildman–Crippen LogP) is 4.00. The molecule has 0 fully saturated rings. The molecule has 5 nitrogen and oxygen atoms in total. The van der Waals surface area contributed by atoms with Crippen LogP contribution in [0.1, 0.15) is 35.3 Å². The number of hydrogen-bond donors (Lipinski definition) is 0. The van der Waals surface area contributed by atoms with Crippen LogP contribution in [-0.4, -0.2) is 25.6 Å². The maximum Gasteiger partial charge on any atom is 0.308 e. The molecule has 2 aromatic carbocycles. The molecular weight excluding hydrogens is 342 g/mol. The van der Waals surface area contributed by atoms with Gasteiger partial charge in [-0.15, -0.1) is 0 Å². The molecule has 130 valence electrons. The van der Waals surface area contributed by atoms with E-state index >= 15 is 0 Å². The number of anilines is 1. The molecule has 1 aliphatic rings. The number of carbonyl (C=O) groups is 2. The fourth-order valence-corrected chi connectivity index (χ4v) is 3.21. The Kier molecular flexibility index (Phi) is 4.95. The van der Waals surface area contributed by atoms with Crippen molar-refractivity contribution in [3.63, 3.8) is 0 Å². The van der Waals surface area contributed by atoms with Gasteiger partial charge in [0.1, 0.15) is 5.75 Å². The van der Waals surface area contributed by atoms with E-state index in [2.05, 4.69) is 0 Å². The number of halogens is 1. The van der Waals surface area contributed by atoms with E-state index < -0.39 is 6.04 Å². The van der Waals surface area contributed by atoms with E-state index in [1.54, 1.807) is 61.4 Å². The first-order valence-electron chi connectivity index (χ1n) is 7.97. The third-order valence-electron chi connectivity index (χ3n) is 4.15. The fraction of sp³-hybridized carbons (Fsp3) is 0.263. The summed E-state index contributed by atoms with van der Waals surface area (Å²) in [4.78, 5) is 26.6. The van der Waals surface area contributed by atoms with E-state index in [4.69, 9.17) is 21.1 Å². The molecule has 0 saturated carbocycles. The number of fused-ring (bicyclic) bond motifs is 1. The lowest BCUT2D eigenvalue weighted by molar-refractivity contribution is -0.143. The summed E-state index contributed by atoms with van der Waals surface area (Å²) in [5.74, 6) is 0.177. The van der Waals surface area contributed by atoms with Crippen molar-refractivity contribution in [2.45, 2.75) is 19.4 Å². The van der Waals surface area contributed by atoms with Crippen LogP contribution >= 0.6 is 11.6 Å². The third-order valence-corrected chi connectivity index (χ3v) is 4.38. The predicted molar refractivity (Wildman–Crippen MR) is 95.2 cm³/mol. The number of benzene rings is 2. The molecule has 3 rings (SSSR count). The minimum atomic E-state index is -0.450. The Labute approximate surface area is 151 Å². The Morgan fingerprint density at radius 1 is 1.20 bits per heavy atom. The maximum atomic E-state index is 12.9. The molecule has 0 bridgehead atoms. The molecule has 1 unspecified atom stereocenters. The first kappa shape index (κ1) is 17.3. The topological polar surface area (TPSA) is 55.8 Å². The van der Waals surface area contributed by atoms with Crippen LogP contribution in [0.2, 0.25) is 5.02 Å². The maximum absolute atomic E-state index is 12.9. The number of nitrogens with zero attached hydrogens (tertiary/aromatic N) is 1. The lowest BCUT2D eigenvalue weighted by Gasteiger charge is -2.25. The van der Waals surface area contributed by atoms with Gasteiger partial charge in [-0.3, -0.25) is 9.59 Å². The van der Waals surface area contributed by atoms with Crippen molar-refractivity contribution in [2.75, 3.05) is 18.6 Å². The van der Waals surface area contributed by atoms with Gasteiger partial charge in [0.2, 0.25) is 0 Å². The number of rotatable bonds is 5. The molecule has 0 aromatic heterocycles. The van der Waals surface area contributed by atoms with Gasteiger partial charge in [-0.1, -0.05) is 11.6 Å². The Bertz CT molecular complexity index is 804. The largest absolute Gasteiger partial charge is 0.497 e. The van der Waals surface area contributed by atoms with E-state index in [0.717, 1.165) is 5.56 Å². The van der Waals surface area contributed by atoms with Crippen LogP contribution < -0.4 is 9.64 Å². The summed E-state index contributed by atoms with van der Waals surface area (Å²) in [5, 5.41) is 0.525. The Morgan fingerprint density at radius 3 is 2.56 bits per heavy atom. The van der Waals surface area contributed by atoms with Gasteiger partial charge < -0.3 is 14.4 Å². The van der Waals surface area contributed by atoms with E-state index in [1.807, 2.05) is 0 Å². The van der Waals surface area contributed by atoms with Gasteiger partial charge in [0.15, 0.2) is 0 Å². The fourth-order valence-electron chi connectivity index (χ4n) is 3.03. The minimum absolute atomic E-state index is 0.0684. The number of amides is 1. The normalized spacial score (nSPS) is 15.9. The van der Waals surface area contributed by atoms with Crippen LogP contribution in [0.15, 0.2) is 42.5 Å². The smallest absolute Gasteiger partial charge is 0.308 e. The molecule has 1 atom stereocenters. The zero-order chi connectivity index (χ0) is 18.0. The lowest BCUT2D eigenvalue weighted by Crippen LogP contribution is -2.29. The summed E-state index contributed by atoms with van der Waals surface area (Å²) in [6, 6.07) is 11.8. The quantitative estimate of drug-likeness (QED) is 0.757. The van der Waals surface area contributed by atoms with Crippen LogP contribution in [0, 0.1) is 0 Å². The van der Waals surface area contributed by atoms with Crippen LogP contribution in [0.25, 0.3) is 0 Å². The zero-order valence-electron chi connectivity index (χ0n) is 14.0. The summed E-state index contributed by atoms with van der Waals surface area (Å²) in [5.41, 5.74) is 1.98. The van der Waals surface area contributed by atoms with Gasteiger partial charge >= 0.3 is 5.97 Å². The van der Waals surface area contributed by atoms with Crippen LogP contribution in [0.5, 0.6) is 5.75 Å². The van der Waals surface area contributed by atoms with E-state index in [1.165, 1.54) is 0 Å². The summed E-state index contributed by atoms with van der Waals surface area (Å²) in [7, 11) is 1.58. The number of carbonyl (C=O) groups excluding carboxylic acids is 2. The van der Waals surface area contributed by atoms with Gasteiger partial charge in [0.05, 0.1) is 26.2 Å². The minimum Gasteiger partial charge on any atom is -0.497 e. The second-order valence-corrected chi connectivity index (χ2v) is 6.07. The van der Waals surface area contributed by atoms with Crippen molar-refractivity contribution in [1.29, 1.82) is 0 Å². The monoisotopic (exact) mass is 359 g/mol. The van der Waals surface area contributed by atoms with Crippen molar-refractivity contribution in [3.8, 4) is 5.75 Å². The van der Waals surface area contributed by atoms with Crippen LogP contribution in [0.4, 0.5) is 5.69 Å². The van der Waals surface area contributed by atoms with Gasteiger partial charge in [0, 0.05) is 16.3 Å². The molecule has 0 radical (unpaired) electrons. The number of methoxy groups -OCH3 is 1. The summed E-state index contributed by atoms with van der Waals surface area (Å²) in [6.45, 7) is 2.05. The Balaban J connectivity index is 2.02. The second-order valence-electron chi connectivity index (χ2n) is 5.63. The average molecular weight is 360 g/mol. The SMILES string of the molecule is CCOC(=O)CC1c2cc(Cl)ccc2C(=O)N1c1ccc(OC)cc1. The molecule has 1 amide bonds. The van der Waals surface area contributed by atoms with Gasteiger partial charge in [0.25, 0.3) is 5.91 Å². The molecule has 6 heteroatoms. The zero-order valence-corrected chi connectivity index (χ0v) is 14.7. The second kappa shape index (κ2) is 7.15. The highest BCUT2D eigenvalue weighted by Crippen LogP contribution is 2.41. The molecule has 0 spiro atoms. The summed E-state index contributed by atoms with van der Waals surface area (Å²) >= 11 is 6.10. The third kappa shape index (κ3) is 3.33. The van der Waals surface area contributed by atoms with Crippen molar-refractivity contribution in [1.82, 2.24) is 0 Å². The highest BCUT2D eigenvalue weighted by atomic mass is 35.5. The van der Waals surface area contributed by atoms with E-state index in [9.17, 15) is 9.59 Å². The van der Waals surface area contributed by atoms with Crippen LogP contribution in [0.3, 0.4) is 0 Å². The van der Waals surface area contributed by atoms with Crippen molar-refractivity contribution in [2.24, 2.45) is 0 Å². The van der Waals surface area contributed by atoms with Crippen molar-refractivity contribution >= 4 is 29.2 Å². The molecule has 0 aliphatic carbocycles. The standard InChI is InChI=1S/C19H18ClNO4/c1-3-25-18(22)11-17-16-10-12(20)4-9-15(16)19(23)21(17)13-5-7-14(24-2)8-6-13/h4-10,17H,3,11H2,1-2H3. The molecule has 1 heterocycles. The summed E-state index contributed by atoms with van der Waals surface area (Å²) in [6.07, 6.45) is 0.0684. The molecule has 0 saturated heterocycles. The van der Waals surface area contributed by atoms with Gasteiger partial charge in [-0.2, -0.15) is 0 Å². The molecule has 25 heavy (non-hydrogen) atoms. The number of ether oxygens (including phenoxy) is 2. The van der Waals surface area contributed by atoms with Gasteiger partial charge in [-0.25, -0.2) is 0 Å². The lowest BCUT2D eigenvalue weighted by atomic mass is 10.0. The van der Waals surface area contributed by atoms with E-state index in [-0.39, 0.29) is 18.3 Å². The Morgan fingerprint density at radius 2 is 1.92 bits per heavy atom. The molecular formula is C19H18ClNO4. The highest BCUT2D eigenvalue weighted by molar-refractivity contribution is 6.31. The highest BCUT2D eigenvalue weighted by Gasteiger charge is 2.39.